The van der Waals surface area contributed by atoms with Gasteiger partial charge in [-0.2, -0.15) is 0 Å². The van der Waals surface area contributed by atoms with Crippen LogP contribution in [0, 0.1) is 59.2 Å². The second-order valence-corrected chi connectivity index (χ2v) is 10.7. The third-order valence-electron chi connectivity index (χ3n) is 6.66. The van der Waals surface area contributed by atoms with Crippen molar-refractivity contribution < 1.29 is 8.81 Å². The summed E-state index contributed by atoms with van der Waals surface area (Å²) in [6, 6.07) is 33.2. The molecule has 2 heterocycles. The lowest BCUT2D eigenvalue weighted by atomic mass is 10.1. The summed E-state index contributed by atoms with van der Waals surface area (Å²) in [4.78, 5) is 4.08. The fraction of sp³-hybridized carbons (Fsp3) is 0.154. The number of hydrogen-bond donors (Lipinski definition) is 0. The molecule has 0 fully saturated rings. The Morgan fingerprint density at radius 3 is 1.43 bits per heavy atom. The van der Waals surface area contributed by atoms with Crippen LogP contribution in [0.3, 0.4) is 0 Å². The molecule has 0 unspecified atom stereocenters. The van der Waals surface area contributed by atoms with Gasteiger partial charge in [0.15, 0.2) is 0 Å². The topological polar surface area (TPSA) is 51.8 Å². The maximum atomic E-state index is 13.3. The molecule has 0 aliphatic rings. The Kier molecular flexibility index (Phi) is 10.9. The van der Waals surface area contributed by atoms with Crippen LogP contribution in [0.2, 0.25) is 0 Å². The lowest BCUT2D eigenvalue weighted by molar-refractivity contribution is 0.584. The number of halogens is 1. The second kappa shape index (κ2) is 15.2. The van der Waals surface area contributed by atoms with Crippen LogP contribution in [0.5, 0.6) is 0 Å². The molecule has 0 aliphatic carbocycles. The number of pyridine rings is 1. The van der Waals surface area contributed by atoms with Gasteiger partial charge in [0.1, 0.15) is 5.82 Å². The minimum atomic E-state index is -0.208. The minimum Gasteiger partial charge on any atom is -0.416 e. The van der Waals surface area contributed by atoms with Crippen molar-refractivity contribution in [2.45, 2.75) is 41.5 Å². The van der Waals surface area contributed by atoms with Crippen LogP contribution in [-0.4, -0.2) is 15.2 Å². The summed E-state index contributed by atoms with van der Waals surface area (Å²) in [7, 11) is 0. The molecule has 0 spiro atoms. The molecule has 44 heavy (non-hydrogen) atoms. The maximum Gasteiger partial charge on any atom is 0.248 e. The van der Waals surface area contributed by atoms with E-state index in [4.69, 9.17) is 4.42 Å². The van der Waals surface area contributed by atoms with Crippen LogP contribution < -0.4 is 0 Å². The third-order valence-corrected chi connectivity index (χ3v) is 6.66. The van der Waals surface area contributed by atoms with E-state index in [9.17, 15) is 4.39 Å². The van der Waals surface area contributed by atoms with Crippen molar-refractivity contribution in [1.29, 1.82) is 0 Å². The monoisotopic (exact) mass is 581 g/mol. The molecule has 0 bridgehead atoms. The van der Waals surface area contributed by atoms with Crippen molar-refractivity contribution in [2.75, 3.05) is 0 Å². The van der Waals surface area contributed by atoms with E-state index in [2.05, 4.69) is 46.9 Å². The predicted molar refractivity (Wildman–Crippen MR) is 177 cm³/mol. The zero-order valence-corrected chi connectivity index (χ0v) is 26.0. The molecule has 2 aromatic heterocycles. The molecule has 0 saturated carbocycles. The van der Waals surface area contributed by atoms with Gasteiger partial charge in [-0.05, 0) is 107 Å². The largest absolute Gasteiger partial charge is 0.416 e. The van der Waals surface area contributed by atoms with Crippen LogP contribution >= 0.6 is 0 Å². The van der Waals surface area contributed by atoms with Crippen LogP contribution in [0.15, 0.2) is 114 Å². The van der Waals surface area contributed by atoms with Crippen molar-refractivity contribution in [1.82, 2.24) is 15.2 Å². The highest BCUT2D eigenvalue weighted by molar-refractivity contribution is 5.58. The highest BCUT2D eigenvalue weighted by Crippen LogP contribution is 2.24. The van der Waals surface area contributed by atoms with Crippen molar-refractivity contribution in [3.8, 4) is 34.7 Å². The van der Waals surface area contributed by atoms with Gasteiger partial charge in [0, 0.05) is 34.1 Å². The Morgan fingerprint density at radius 1 is 0.523 bits per heavy atom. The molecule has 0 amide bonds. The molecule has 6 rings (SSSR count). The van der Waals surface area contributed by atoms with Gasteiger partial charge in [-0.1, -0.05) is 77.1 Å². The van der Waals surface area contributed by atoms with Crippen molar-refractivity contribution in [3.63, 3.8) is 0 Å². The molecule has 220 valence electrons. The van der Waals surface area contributed by atoms with E-state index in [0.29, 0.717) is 22.9 Å². The molecule has 6 aromatic rings. The summed E-state index contributed by atoms with van der Waals surface area (Å²) in [5, 5.41) is 8.20. The number of nitrogens with zero attached hydrogens (tertiary/aromatic N) is 3. The zero-order valence-electron chi connectivity index (χ0n) is 26.0. The van der Waals surface area contributed by atoms with Gasteiger partial charge in [-0.25, -0.2) is 4.39 Å². The summed E-state index contributed by atoms with van der Waals surface area (Å²) >= 11 is 0. The first-order chi connectivity index (χ1) is 21.2. The average molecular weight is 582 g/mol. The molecule has 5 heteroatoms. The zero-order chi connectivity index (χ0) is 31.5. The normalized spacial score (nSPS) is 9.98. The molecule has 4 aromatic carbocycles. The smallest absolute Gasteiger partial charge is 0.248 e. The summed E-state index contributed by atoms with van der Waals surface area (Å²) in [6.07, 6.45) is 1.87. The molecule has 0 aliphatic heterocycles. The molecule has 4 nitrogen and oxygen atoms in total. The standard InChI is InChI=1S/C16H13F.C16H14N2O.C7H9N/c1-12-3-6-14(7-4-12)9-10-15-8-5-13(2)16(17)11-15;1-11-3-7-13(8-4-11)15-17-18-16(19-15)14-9-5-12(2)6-10-14;1-6-3-4-7(2)8-5-6/h3-8,11H,1-2H3;3-10H,1-2H3;3-5H,1-2H3. The van der Waals surface area contributed by atoms with Gasteiger partial charge in [0.2, 0.25) is 11.8 Å². The van der Waals surface area contributed by atoms with Crippen LogP contribution in [-0.2, 0) is 0 Å². The Morgan fingerprint density at radius 2 is 0.977 bits per heavy atom. The predicted octanol–water partition coefficient (Wildman–Crippen LogP) is 9.56. The quantitative estimate of drug-likeness (QED) is 0.191. The van der Waals surface area contributed by atoms with Gasteiger partial charge in [0.05, 0.1) is 0 Å². The lowest BCUT2D eigenvalue weighted by Crippen LogP contribution is -1.83. The van der Waals surface area contributed by atoms with Crippen molar-refractivity contribution in [2.24, 2.45) is 0 Å². The van der Waals surface area contributed by atoms with E-state index in [1.165, 1.54) is 28.3 Å². The SMILES string of the molecule is Cc1ccc(-c2nnc(-c3ccc(C)cc3)o2)cc1.Cc1ccc(C#Cc2ccc(C)c(F)c2)cc1.Cc1ccc(C)nc1. The molecular formula is C39H36FN3O. The fourth-order valence-corrected chi connectivity index (χ4v) is 3.84. The van der Waals surface area contributed by atoms with Gasteiger partial charge in [-0.15, -0.1) is 10.2 Å². The highest BCUT2D eigenvalue weighted by Gasteiger charge is 2.09. The maximum absolute atomic E-state index is 13.3. The number of aromatic nitrogens is 3. The van der Waals surface area contributed by atoms with Gasteiger partial charge < -0.3 is 4.42 Å². The van der Waals surface area contributed by atoms with E-state index in [1.54, 1.807) is 13.0 Å². The number of aryl methyl sites for hydroxylation is 6. The molecule has 0 atom stereocenters. The van der Waals surface area contributed by atoms with Crippen LogP contribution in [0.4, 0.5) is 4.39 Å². The first kappa shape index (κ1) is 31.6. The first-order valence-corrected chi connectivity index (χ1v) is 14.4. The van der Waals surface area contributed by atoms with E-state index in [0.717, 1.165) is 22.4 Å². The fourth-order valence-electron chi connectivity index (χ4n) is 3.84. The molecule has 0 N–H and O–H groups in total. The molecule has 0 radical (unpaired) electrons. The Balaban J connectivity index is 0.000000163. The second-order valence-electron chi connectivity index (χ2n) is 10.7. The third kappa shape index (κ3) is 9.61. The van der Waals surface area contributed by atoms with Gasteiger partial charge >= 0.3 is 0 Å². The average Bonchev–Trinajstić information content (AvgIpc) is 3.52. The van der Waals surface area contributed by atoms with E-state index in [-0.39, 0.29) is 5.82 Å². The Bertz CT molecular complexity index is 1760. The number of rotatable bonds is 2. The molecule has 0 saturated heterocycles. The Labute approximate surface area is 259 Å². The first-order valence-electron chi connectivity index (χ1n) is 14.4. The number of hydrogen-bond acceptors (Lipinski definition) is 4. The molecular weight excluding hydrogens is 545 g/mol. The summed E-state index contributed by atoms with van der Waals surface area (Å²) in [5.74, 6) is 6.87. The minimum absolute atomic E-state index is 0.208. The van der Waals surface area contributed by atoms with Crippen molar-refractivity contribution >= 4 is 0 Å². The highest BCUT2D eigenvalue weighted by atomic mass is 19.1. The van der Waals surface area contributed by atoms with Crippen LogP contribution in [0.25, 0.3) is 22.9 Å². The summed E-state index contributed by atoms with van der Waals surface area (Å²) in [6.45, 7) is 11.9. The van der Waals surface area contributed by atoms with Crippen LogP contribution in [0.1, 0.15) is 44.6 Å². The lowest BCUT2D eigenvalue weighted by Gasteiger charge is -1.96. The van der Waals surface area contributed by atoms with Gasteiger partial charge in [0.25, 0.3) is 0 Å². The Hall–Kier alpha value is -5.34. The summed E-state index contributed by atoms with van der Waals surface area (Å²) < 4.78 is 19.0. The number of benzene rings is 4. The van der Waals surface area contributed by atoms with Crippen molar-refractivity contribution in [3.05, 3.63) is 160 Å². The van der Waals surface area contributed by atoms with E-state index in [1.807, 2.05) is 112 Å². The van der Waals surface area contributed by atoms with E-state index < -0.39 is 0 Å². The van der Waals surface area contributed by atoms with E-state index >= 15 is 0 Å². The van der Waals surface area contributed by atoms with Gasteiger partial charge in [-0.3, -0.25) is 4.98 Å². The summed E-state index contributed by atoms with van der Waals surface area (Å²) in [5.41, 5.74) is 10.1.